The highest BCUT2D eigenvalue weighted by Crippen LogP contribution is 2.47. The van der Waals surface area contributed by atoms with Crippen LogP contribution in [0.1, 0.15) is 0 Å². The molecular weight excluding hydrogens is 553 g/mol. The van der Waals surface area contributed by atoms with Gasteiger partial charge >= 0.3 is 0 Å². The molecule has 44 heavy (non-hydrogen) atoms. The number of fused-ring (bicyclic) bond motifs is 5. The molecule has 8 rings (SSSR count). The normalized spacial score (nSPS) is 11.6. The molecule has 0 aromatic heterocycles. The molecule has 1 N–H and O–H groups in total. The standard InChI is InChI=1S/C40H23F3O/c41-36-21-26(22-37(42)40(36)43)38-31-11-5-6-12-32(31)39(33-18-15-24(19-35(33)38)23-13-16-27(44)17-14-23)34-20-25-7-1-2-8-28(25)29-9-3-4-10-30(29)34/h1-22,44H. The zero-order valence-corrected chi connectivity index (χ0v) is 23.3. The van der Waals surface area contributed by atoms with Crippen molar-refractivity contribution in [3.8, 4) is 39.1 Å². The molecule has 0 bridgehead atoms. The molecule has 0 spiro atoms. The number of halogens is 3. The number of benzene rings is 8. The minimum absolute atomic E-state index is 0.156. The van der Waals surface area contributed by atoms with Crippen LogP contribution in [0.3, 0.4) is 0 Å². The maximum absolute atomic E-state index is 14.7. The third kappa shape index (κ3) is 4.03. The predicted molar refractivity (Wildman–Crippen MR) is 174 cm³/mol. The van der Waals surface area contributed by atoms with Gasteiger partial charge in [-0.3, -0.25) is 0 Å². The lowest BCUT2D eigenvalue weighted by Gasteiger charge is -2.20. The van der Waals surface area contributed by atoms with Crippen molar-refractivity contribution >= 4 is 43.1 Å². The first kappa shape index (κ1) is 26.1. The lowest BCUT2D eigenvalue weighted by Crippen LogP contribution is -1.96. The summed E-state index contributed by atoms with van der Waals surface area (Å²) in [6, 6.07) is 41.8. The van der Waals surface area contributed by atoms with Crippen molar-refractivity contribution in [2.45, 2.75) is 0 Å². The molecular formula is C40H23F3O. The summed E-state index contributed by atoms with van der Waals surface area (Å²) in [5.41, 5.74) is 4.65. The Hall–Kier alpha value is -5.61. The third-order valence-electron chi connectivity index (χ3n) is 8.53. The molecule has 4 heteroatoms. The number of aromatic hydroxyl groups is 1. The van der Waals surface area contributed by atoms with Crippen LogP contribution in [0.25, 0.3) is 76.5 Å². The highest BCUT2D eigenvalue weighted by atomic mass is 19.2. The van der Waals surface area contributed by atoms with E-state index in [-0.39, 0.29) is 11.3 Å². The van der Waals surface area contributed by atoms with Gasteiger partial charge < -0.3 is 5.11 Å². The lowest BCUT2D eigenvalue weighted by molar-refractivity contribution is 0.448. The molecule has 0 aliphatic heterocycles. The van der Waals surface area contributed by atoms with Crippen LogP contribution >= 0.6 is 0 Å². The van der Waals surface area contributed by atoms with E-state index >= 15 is 0 Å². The van der Waals surface area contributed by atoms with E-state index in [1.807, 2.05) is 78.9 Å². The molecule has 0 saturated heterocycles. The molecule has 1 nitrogen and oxygen atoms in total. The van der Waals surface area contributed by atoms with Gasteiger partial charge in [-0.1, -0.05) is 97.1 Å². The summed E-state index contributed by atoms with van der Waals surface area (Å²) in [6.07, 6.45) is 0. The molecule has 0 heterocycles. The fourth-order valence-electron chi connectivity index (χ4n) is 6.57. The summed E-state index contributed by atoms with van der Waals surface area (Å²) in [4.78, 5) is 0. The van der Waals surface area contributed by atoms with Crippen LogP contribution in [-0.2, 0) is 0 Å². The van der Waals surface area contributed by atoms with Gasteiger partial charge in [-0.05, 0) is 113 Å². The van der Waals surface area contributed by atoms with Gasteiger partial charge in [0.1, 0.15) is 5.75 Å². The Morgan fingerprint density at radius 2 is 0.932 bits per heavy atom. The zero-order valence-electron chi connectivity index (χ0n) is 23.3. The summed E-state index contributed by atoms with van der Waals surface area (Å²) >= 11 is 0. The SMILES string of the molecule is Oc1ccc(-c2ccc3c(-c4cc5ccccc5c5ccccc45)c4ccccc4c(-c4cc(F)c(F)c(F)c4)c3c2)cc1. The molecule has 0 amide bonds. The number of phenolic OH excluding ortho intramolecular Hbond substituents is 1. The second-order valence-electron chi connectivity index (χ2n) is 11.0. The van der Waals surface area contributed by atoms with Crippen LogP contribution in [0.5, 0.6) is 5.75 Å². The van der Waals surface area contributed by atoms with Gasteiger partial charge in [0.05, 0.1) is 0 Å². The molecule has 0 aliphatic rings. The van der Waals surface area contributed by atoms with Gasteiger partial charge in [-0.15, -0.1) is 0 Å². The van der Waals surface area contributed by atoms with Crippen molar-refractivity contribution < 1.29 is 18.3 Å². The van der Waals surface area contributed by atoms with E-state index in [9.17, 15) is 18.3 Å². The Bertz CT molecular complexity index is 2400. The molecule has 8 aromatic rings. The van der Waals surface area contributed by atoms with Gasteiger partial charge in [0.15, 0.2) is 17.5 Å². The van der Waals surface area contributed by atoms with E-state index < -0.39 is 17.5 Å². The van der Waals surface area contributed by atoms with Gasteiger partial charge in [-0.25, -0.2) is 13.2 Å². The summed E-state index contributed by atoms with van der Waals surface area (Å²) in [5, 5.41) is 17.7. The van der Waals surface area contributed by atoms with E-state index in [0.717, 1.165) is 77.5 Å². The second-order valence-corrected chi connectivity index (χ2v) is 11.0. The van der Waals surface area contributed by atoms with E-state index in [2.05, 4.69) is 30.3 Å². The fourth-order valence-corrected chi connectivity index (χ4v) is 6.57. The van der Waals surface area contributed by atoms with Crippen LogP contribution in [0.2, 0.25) is 0 Å². The Labute approximate surface area is 251 Å². The molecule has 0 radical (unpaired) electrons. The van der Waals surface area contributed by atoms with Crippen molar-refractivity contribution in [3.63, 3.8) is 0 Å². The average molecular weight is 577 g/mol. The first-order chi connectivity index (χ1) is 21.5. The maximum Gasteiger partial charge on any atom is 0.194 e. The summed E-state index contributed by atoms with van der Waals surface area (Å²) in [7, 11) is 0. The Balaban J connectivity index is 1.57. The van der Waals surface area contributed by atoms with Crippen LogP contribution in [0, 0.1) is 17.5 Å². The van der Waals surface area contributed by atoms with Crippen LogP contribution in [-0.4, -0.2) is 5.11 Å². The third-order valence-corrected chi connectivity index (χ3v) is 8.53. The second kappa shape index (κ2) is 9.99. The number of rotatable bonds is 3. The van der Waals surface area contributed by atoms with Gasteiger partial charge in [0.25, 0.3) is 0 Å². The molecule has 0 atom stereocenters. The molecule has 0 aliphatic carbocycles. The van der Waals surface area contributed by atoms with Crippen molar-refractivity contribution in [3.05, 3.63) is 151 Å². The van der Waals surface area contributed by atoms with E-state index in [4.69, 9.17) is 0 Å². The van der Waals surface area contributed by atoms with Crippen LogP contribution in [0.4, 0.5) is 13.2 Å². The van der Waals surface area contributed by atoms with Gasteiger partial charge in [0, 0.05) is 0 Å². The molecule has 0 fully saturated rings. The summed E-state index contributed by atoms with van der Waals surface area (Å²) in [6.45, 7) is 0. The smallest absolute Gasteiger partial charge is 0.194 e. The number of hydrogen-bond acceptors (Lipinski definition) is 1. The van der Waals surface area contributed by atoms with Crippen LogP contribution < -0.4 is 0 Å². The predicted octanol–water partition coefficient (Wildman–Crippen LogP) is 11.4. The van der Waals surface area contributed by atoms with Crippen molar-refractivity contribution in [2.24, 2.45) is 0 Å². The lowest BCUT2D eigenvalue weighted by atomic mass is 9.83. The molecule has 8 aromatic carbocycles. The quantitative estimate of drug-likeness (QED) is 0.126. The zero-order chi connectivity index (χ0) is 29.9. The largest absolute Gasteiger partial charge is 0.508 e. The van der Waals surface area contributed by atoms with E-state index in [1.54, 1.807) is 12.1 Å². The average Bonchev–Trinajstić information content (AvgIpc) is 3.05. The molecule has 0 unspecified atom stereocenters. The summed E-state index contributed by atoms with van der Waals surface area (Å²) in [5.74, 6) is -3.82. The minimum Gasteiger partial charge on any atom is -0.508 e. The first-order valence-corrected chi connectivity index (χ1v) is 14.3. The Kier molecular flexibility index (Phi) is 5.92. The minimum atomic E-state index is -1.49. The first-order valence-electron chi connectivity index (χ1n) is 14.3. The Morgan fingerprint density at radius 1 is 0.386 bits per heavy atom. The monoisotopic (exact) mass is 576 g/mol. The van der Waals surface area contributed by atoms with Crippen molar-refractivity contribution in [1.29, 1.82) is 0 Å². The summed E-state index contributed by atoms with van der Waals surface area (Å²) < 4.78 is 43.6. The Morgan fingerprint density at radius 3 is 1.64 bits per heavy atom. The molecule has 0 saturated carbocycles. The van der Waals surface area contributed by atoms with E-state index in [0.29, 0.717) is 5.56 Å². The van der Waals surface area contributed by atoms with E-state index in [1.165, 1.54) is 0 Å². The topological polar surface area (TPSA) is 20.2 Å². The van der Waals surface area contributed by atoms with Gasteiger partial charge in [-0.2, -0.15) is 0 Å². The fraction of sp³-hybridized carbons (Fsp3) is 0. The highest BCUT2D eigenvalue weighted by molar-refractivity contribution is 6.26. The highest BCUT2D eigenvalue weighted by Gasteiger charge is 2.21. The maximum atomic E-state index is 14.7. The van der Waals surface area contributed by atoms with Crippen LogP contribution in [0.15, 0.2) is 133 Å². The van der Waals surface area contributed by atoms with Gasteiger partial charge in [0.2, 0.25) is 0 Å². The molecule has 210 valence electrons. The number of phenols is 1. The number of hydrogen-bond donors (Lipinski definition) is 1. The van der Waals surface area contributed by atoms with Crippen molar-refractivity contribution in [1.82, 2.24) is 0 Å². The van der Waals surface area contributed by atoms with Crippen molar-refractivity contribution in [2.75, 3.05) is 0 Å².